The molecule has 0 saturated carbocycles. The van der Waals surface area contributed by atoms with Crippen LogP contribution in [0.1, 0.15) is 21.8 Å². The van der Waals surface area contributed by atoms with E-state index >= 15 is 0 Å². The van der Waals surface area contributed by atoms with Crippen LogP contribution in [0.15, 0.2) is 29.6 Å². The summed E-state index contributed by atoms with van der Waals surface area (Å²) in [7, 11) is 0. The van der Waals surface area contributed by atoms with Crippen molar-refractivity contribution >= 4 is 23.2 Å². The third-order valence-electron chi connectivity index (χ3n) is 3.83. The Morgan fingerprint density at radius 1 is 1.30 bits per heavy atom. The maximum Gasteiger partial charge on any atom is 0.312 e. The van der Waals surface area contributed by atoms with Gasteiger partial charge in [0.15, 0.2) is 6.61 Å². The van der Waals surface area contributed by atoms with E-state index < -0.39 is 5.97 Å². The Kier molecular flexibility index (Phi) is 4.71. The Bertz CT molecular complexity index is 726. The maximum absolute atomic E-state index is 12.2. The molecule has 1 aromatic carbocycles. The zero-order valence-corrected chi connectivity index (χ0v) is 13.8. The minimum atomic E-state index is -0.416. The summed E-state index contributed by atoms with van der Waals surface area (Å²) in [5.41, 5.74) is 3.14. The number of aromatic nitrogens is 1. The number of thiazole rings is 1. The first-order valence-corrected chi connectivity index (χ1v) is 8.41. The zero-order valence-electron chi connectivity index (χ0n) is 12.9. The molecular weight excluding hydrogens is 312 g/mol. The van der Waals surface area contributed by atoms with E-state index in [9.17, 15) is 9.59 Å². The van der Waals surface area contributed by atoms with Crippen molar-refractivity contribution in [3.8, 4) is 0 Å². The van der Waals surface area contributed by atoms with E-state index in [1.807, 2.05) is 30.5 Å². The molecule has 0 atom stereocenters. The van der Waals surface area contributed by atoms with E-state index in [0.29, 0.717) is 18.8 Å². The van der Waals surface area contributed by atoms with Crippen molar-refractivity contribution in [1.29, 1.82) is 0 Å². The molecule has 23 heavy (non-hydrogen) atoms. The Morgan fingerprint density at radius 2 is 2.09 bits per heavy atom. The predicted molar refractivity (Wildman–Crippen MR) is 87.1 cm³/mol. The normalized spacial score (nSPS) is 13.5. The van der Waals surface area contributed by atoms with E-state index in [0.717, 1.165) is 17.0 Å². The molecule has 0 unspecified atom stereocenters. The highest BCUT2D eigenvalue weighted by molar-refractivity contribution is 7.09. The molecule has 3 rings (SSSR count). The largest absolute Gasteiger partial charge is 0.455 e. The lowest BCUT2D eigenvalue weighted by molar-refractivity contribution is -0.151. The SMILES string of the molecule is Cc1nc(CC(=O)OCC(=O)N2CCc3ccccc3C2)cs1. The highest BCUT2D eigenvalue weighted by atomic mass is 32.1. The second-order valence-electron chi connectivity index (χ2n) is 5.53. The molecule has 1 aliphatic heterocycles. The lowest BCUT2D eigenvalue weighted by Crippen LogP contribution is -2.38. The lowest BCUT2D eigenvalue weighted by Gasteiger charge is -2.28. The van der Waals surface area contributed by atoms with Crippen molar-refractivity contribution in [2.75, 3.05) is 13.2 Å². The molecule has 0 spiro atoms. The van der Waals surface area contributed by atoms with Crippen LogP contribution in [0.2, 0.25) is 0 Å². The van der Waals surface area contributed by atoms with Crippen LogP contribution in [-0.2, 0) is 33.7 Å². The summed E-state index contributed by atoms with van der Waals surface area (Å²) in [6, 6.07) is 8.11. The first-order valence-electron chi connectivity index (χ1n) is 7.53. The van der Waals surface area contributed by atoms with Crippen LogP contribution >= 0.6 is 11.3 Å². The number of carbonyl (C=O) groups excluding carboxylic acids is 2. The second kappa shape index (κ2) is 6.91. The van der Waals surface area contributed by atoms with Gasteiger partial charge in [-0.2, -0.15) is 0 Å². The van der Waals surface area contributed by atoms with Crippen LogP contribution in [0, 0.1) is 6.92 Å². The zero-order chi connectivity index (χ0) is 16.2. The van der Waals surface area contributed by atoms with Crippen LogP contribution in [-0.4, -0.2) is 34.9 Å². The van der Waals surface area contributed by atoms with Crippen LogP contribution < -0.4 is 0 Å². The van der Waals surface area contributed by atoms with Crippen molar-refractivity contribution < 1.29 is 14.3 Å². The smallest absolute Gasteiger partial charge is 0.312 e. The van der Waals surface area contributed by atoms with E-state index in [-0.39, 0.29) is 18.9 Å². The van der Waals surface area contributed by atoms with Crippen molar-refractivity contribution in [3.05, 3.63) is 51.5 Å². The van der Waals surface area contributed by atoms with Gasteiger partial charge in [0.1, 0.15) is 0 Å². The number of hydrogen-bond acceptors (Lipinski definition) is 5. The van der Waals surface area contributed by atoms with E-state index in [4.69, 9.17) is 4.74 Å². The second-order valence-corrected chi connectivity index (χ2v) is 6.59. The Labute approximate surface area is 138 Å². The number of ether oxygens (including phenoxy) is 1. The van der Waals surface area contributed by atoms with Gasteiger partial charge in [-0.05, 0) is 24.5 Å². The molecule has 2 aromatic rings. The summed E-state index contributed by atoms with van der Waals surface area (Å²) >= 11 is 1.49. The molecule has 0 bridgehead atoms. The van der Waals surface area contributed by atoms with Gasteiger partial charge < -0.3 is 9.64 Å². The Balaban J connectivity index is 1.49. The van der Waals surface area contributed by atoms with E-state index in [1.54, 1.807) is 4.90 Å². The molecule has 0 fully saturated rings. The number of amides is 1. The minimum Gasteiger partial charge on any atom is -0.455 e. The standard InChI is InChI=1S/C17H18N2O3S/c1-12-18-15(11-23-12)8-17(21)22-10-16(20)19-7-6-13-4-2-3-5-14(13)9-19/h2-5,11H,6-10H2,1H3. The third-order valence-corrected chi connectivity index (χ3v) is 4.65. The summed E-state index contributed by atoms with van der Waals surface area (Å²) in [5.74, 6) is -0.566. The van der Waals surface area contributed by atoms with Gasteiger partial charge in [0.25, 0.3) is 5.91 Å². The molecule has 1 aromatic heterocycles. The molecule has 5 nitrogen and oxygen atoms in total. The Morgan fingerprint density at radius 3 is 2.83 bits per heavy atom. The van der Waals surface area contributed by atoms with Gasteiger partial charge in [0.2, 0.25) is 0 Å². The van der Waals surface area contributed by atoms with Gasteiger partial charge in [-0.15, -0.1) is 11.3 Å². The number of benzene rings is 1. The average Bonchev–Trinajstić information content (AvgIpc) is 2.97. The average molecular weight is 330 g/mol. The highest BCUT2D eigenvalue weighted by Gasteiger charge is 2.21. The van der Waals surface area contributed by atoms with Crippen LogP contribution in [0.25, 0.3) is 0 Å². The fourth-order valence-electron chi connectivity index (χ4n) is 2.63. The highest BCUT2D eigenvalue weighted by Crippen LogP contribution is 2.18. The van der Waals surface area contributed by atoms with Gasteiger partial charge in [-0.3, -0.25) is 9.59 Å². The quantitative estimate of drug-likeness (QED) is 0.806. The molecule has 120 valence electrons. The fourth-order valence-corrected chi connectivity index (χ4v) is 3.24. The first kappa shape index (κ1) is 15.7. The van der Waals surface area contributed by atoms with Gasteiger partial charge in [0, 0.05) is 18.5 Å². The molecule has 6 heteroatoms. The lowest BCUT2D eigenvalue weighted by atomic mass is 10.00. The number of aryl methyl sites for hydroxylation is 1. The summed E-state index contributed by atoms with van der Waals surface area (Å²) in [5, 5.41) is 2.75. The molecule has 0 radical (unpaired) electrons. The molecule has 0 saturated heterocycles. The van der Waals surface area contributed by atoms with Crippen LogP contribution in [0.3, 0.4) is 0 Å². The molecule has 1 aliphatic rings. The number of hydrogen-bond donors (Lipinski definition) is 0. The summed E-state index contributed by atoms with van der Waals surface area (Å²) < 4.78 is 5.09. The number of fused-ring (bicyclic) bond motifs is 1. The van der Waals surface area contributed by atoms with Gasteiger partial charge in [-0.1, -0.05) is 24.3 Å². The molecule has 0 N–H and O–H groups in total. The molecule has 2 heterocycles. The van der Waals surface area contributed by atoms with Crippen LogP contribution in [0.4, 0.5) is 0 Å². The summed E-state index contributed by atoms with van der Waals surface area (Å²) in [4.78, 5) is 29.9. The maximum atomic E-state index is 12.2. The van der Waals surface area contributed by atoms with Gasteiger partial charge in [-0.25, -0.2) is 4.98 Å². The molecular formula is C17H18N2O3S. The van der Waals surface area contributed by atoms with Crippen molar-refractivity contribution in [2.24, 2.45) is 0 Å². The number of esters is 1. The Hall–Kier alpha value is -2.21. The van der Waals surface area contributed by atoms with Crippen molar-refractivity contribution in [2.45, 2.75) is 26.3 Å². The van der Waals surface area contributed by atoms with Gasteiger partial charge >= 0.3 is 5.97 Å². The summed E-state index contributed by atoms with van der Waals surface area (Å²) in [6.07, 6.45) is 0.953. The minimum absolute atomic E-state index is 0.112. The van der Waals surface area contributed by atoms with E-state index in [2.05, 4.69) is 11.1 Å². The molecule has 0 aliphatic carbocycles. The fraction of sp³-hybridized carbons (Fsp3) is 0.353. The monoisotopic (exact) mass is 330 g/mol. The molecule has 1 amide bonds. The van der Waals surface area contributed by atoms with Crippen molar-refractivity contribution in [1.82, 2.24) is 9.88 Å². The topological polar surface area (TPSA) is 59.5 Å². The number of carbonyl (C=O) groups is 2. The van der Waals surface area contributed by atoms with Gasteiger partial charge in [0.05, 0.1) is 17.1 Å². The van der Waals surface area contributed by atoms with Crippen molar-refractivity contribution in [3.63, 3.8) is 0 Å². The first-order chi connectivity index (χ1) is 11.1. The summed E-state index contributed by atoms with van der Waals surface area (Å²) in [6.45, 7) is 2.93. The number of nitrogens with zero attached hydrogens (tertiary/aromatic N) is 2. The van der Waals surface area contributed by atoms with Crippen LogP contribution in [0.5, 0.6) is 0 Å². The number of rotatable bonds is 4. The third kappa shape index (κ3) is 3.96. The predicted octanol–water partition coefficient (Wildman–Crippen LogP) is 2.12. The van der Waals surface area contributed by atoms with E-state index in [1.165, 1.54) is 16.9 Å².